The fourth-order valence-electron chi connectivity index (χ4n) is 3.36. The van der Waals surface area contributed by atoms with Gasteiger partial charge in [0.1, 0.15) is 0 Å². The van der Waals surface area contributed by atoms with E-state index >= 15 is 0 Å². The van der Waals surface area contributed by atoms with Crippen LogP contribution in [0.25, 0.3) is 0 Å². The lowest BCUT2D eigenvalue weighted by Crippen LogP contribution is -2.46. The Morgan fingerprint density at radius 3 is 2.20 bits per heavy atom. The zero-order chi connectivity index (χ0) is 21.7. The van der Waals surface area contributed by atoms with Gasteiger partial charge in [0.25, 0.3) is 0 Å². The number of nitrogens with zero attached hydrogens (tertiary/aromatic N) is 1. The first-order valence-corrected chi connectivity index (χ1v) is 9.96. The second-order valence-corrected chi connectivity index (χ2v) is 7.75. The summed E-state index contributed by atoms with van der Waals surface area (Å²) in [4.78, 5) is 26.6. The first-order valence-electron chi connectivity index (χ1n) is 9.96. The number of halogens is 3. The van der Waals surface area contributed by atoms with E-state index in [0.29, 0.717) is 13.0 Å². The number of hydrogen-bond donors (Lipinski definition) is 1. The lowest BCUT2D eigenvalue weighted by atomic mass is 10.0. The maximum absolute atomic E-state index is 12.7. The van der Waals surface area contributed by atoms with Crippen LogP contribution in [0.1, 0.15) is 36.5 Å². The van der Waals surface area contributed by atoms with Crippen LogP contribution >= 0.6 is 0 Å². The number of rotatable bonds is 9. The summed E-state index contributed by atoms with van der Waals surface area (Å²) in [6.45, 7) is 1.94. The van der Waals surface area contributed by atoms with Gasteiger partial charge in [0, 0.05) is 12.6 Å². The zero-order valence-electron chi connectivity index (χ0n) is 16.8. The summed E-state index contributed by atoms with van der Waals surface area (Å²) in [5.74, 6) is -0.377. The Labute approximate surface area is 174 Å². The van der Waals surface area contributed by atoms with Crippen molar-refractivity contribution in [3.8, 4) is 0 Å². The van der Waals surface area contributed by atoms with E-state index < -0.39 is 17.8 Å². The van der Waals surface area contributed by atoms with Gasteiger partial charge >= 0.3 is 6.18 Å². The molecule has 0 spiro atoms. The van der Waals surface area contributed by atoms with Crippen molar-refractivity contribution in [2.45, 2.75) is 51.0 Å². The minimum Gasteiger partial charge on any atom is -0.345 e. The molecule has 1 amide bonds. The Balaban J connectivity index is 1.60. The van der Waals surface area contributed by atoms with E-state index in [1.807, 2.05) is 35.2 Å². The number of carbonyl (C=O) groups is 2. The third-order valence-electron chi connectivity index (χ3n) is 5.19. The van der Waals surface area contributed by atoms with Crippen molar-refractivity contribution in [3.63, 3.8) is 0 Å². The van der Waals surface area contributed by atoms with Gasteiger partial charge in [-0.25, -0.2) is 0 Å². The first-order chi connectivity index (χ1) is 14.2. The van der Waals surface area contributed by atoms with Gasteiger partial charge in [-0.05, 0) is 49.4 Å². The van der Waals surface area contributed by atoms with E-state index in [1.165, 1.54) is 19.1 Å². The molecule has 7 heteroatoms. The molecule has 1 N–H and O–H groups in total. The van der Waals surface area contributed by atoms with Crippen molar-refractivity contribution in [3.05, 3.63) is 71.3 Å². The van der Waals surface area contributed by atoms with E-state index in [1.54, 1.807) is 0 Å². The highest BCUT2D eigenvalue weighted by Gasteiger charge is 2.32. The van der Waals surface area contributed by atoms with Crippen molar-refractivity contribution in [2.24, 2.45) is 0 Å². The van der Waals surface area contributed by atoms with E-state index in [4.69, 9.17) is 0 Å². The predicted molar refractivity (Wildman–Crippen MR) is 108 cm³/mol. The molecule has 1 unspecified atom stereocenters. The monoisotopic (exact) mass is 418 g/mol. The molecule has 0 heterocycles. The van der Waals surface area contributed by atoms with Crippen molar-refractivity contribution >= 4 is 11.7 Å². The molecule has 1 fully saturated rings. The van der Waals surface area contributed by atoms with Gasteiger partial charge in [0.05, 0.1) is 18.2 Å². The SMILES string of the molecule is CC(=O)C(Cc1ccccc1)NC(=O)CN(Cc1ccc(C(F)(F)F)cc1)C1CC1. The maximum Gasteiger partial charge on any atom is 0.416 e. The molecule has 0 radical (unpaired) electrons. The zero-order valence-corrected chi connectivity index (χ0v) is 16.8. The standard InChI is InChI=1S/C23H25F3N2O2/c1-16(29)21(13-17-5-3-2-4-6-17)27-22(30)15-28(20-11-12-20)14-18-7-9-19(10-8-18)23(24,25)26/h2-10,20-21H,11-15H2,1H3,(H,27,30). The molecule has 1 saturated carbocycles. The van der Waals surface area contributed by atoms with Crippen molar-refractivity contribution in [1.82, 2.24) is 10.2 Å². The maximum atomic E-state index is 12.7. The normalized spacial score (nSPS) is 15.1. The third-order valence-corrected chi connectivity index (χ3v) is 5.19. The number of hydrogen-bond acceptors (Lipinski definition) is 3. The van der Waals surface area contributed by atoms with Crippen LogP contribution in [-0.4, -0.2) is 35.2 Å². The van der Waals surface area contributed by atoms with Crippen molar-refractivity contribution in [2.75, 3.05) is 6.54 Å². The van der Waals surface area contributed by atoms with Crippen LogP contribution < -0.4 is 5.32 Å². The quantitative estimate of drug-likeness (QED) is 0.670. The van der Waals surface area contributed by atoms with Gasteiger partial charge in [-0.15, -0.1) is 0 Å². The molecule has 2 aromatic carbocycles. The second-order valence-electron chi connectivity index (χ2n) is 7.75. The highest BCUT2D eigenvalue weighted by molar-refractivity contribution is 5.88. The molecule has 0 bridgehead atoms. The topological polar surface area (TPSA) is 49.4 Å². The third kappa shape index (κ3) is 6.42. The van der Waals surface area contributed by atoms with Crippen LogP contribution in [0.4, 0.5) is 13.2 Å². The minimum atomic E-state index is -4.37. The molecule has 2 aromatic rings. The van der Waals surface area contributed by atoms with Gasteiger partial charge in [0.15, 0.2) is 5.78 Å². The second kappa shape index (κ2) is 9.43. The molecule has 1 aliphatic rings. The average molecular weight is 418 g/mol. The lowest BCUT2D eigenvalue weighted by Gasteiger charge is -2.23. The summed E-state index contributed by atoms with van der Waals surface area (Å²) in [7, 11) is 0. The van der Waals surface area contributed by atoms with Crippen LogP contribution in [-0.2, 0) is 28.7 Å². The Morgan fingerprint density at radius 1 is 1.03 bits per heavy atom. The average Bonchev–Trinajstić information content (AvgIpc) is 3.53. The fraction of sp³-hybridized carbons (Fsp3) is 0.391. The minimum absolute atomic E-state index is 0.101. The summed E-state index contributed by atoms with van der Waals surface area (Å²) < 4.78 is 38.2. The number of benzene rings is 2. The van der Waals surface area contributed by atoms with E-state index in [2.05, 4.69) is 5.32 Å². The van der Waals surface area contributed by atoms with Crippen molar-refractivity contribution in [1.29, 1.82) is 0 Å². The molecule has 160 valence electrons. The van der Waals surface area contributed by atoms with Gasteiger partial charge in [-0.2, -0.15) is 13.2 Å². The van der Waals surface area contributed by atoms with E-state index in [-0.39, 0.29) is 24.3 Å². The van der Waals surface area contributed by atoms with Crippen LogP contribution in [0.15, 0.2) is 54.6 Å². The molecule has 1 atom stereocenters. The largest absolute Gasteiger partial charge is 0.416 e. The molecule has 3 rings (SSSR count). The Kier molecular flexibility index (Phi) is 6.92. The van der Waals surface area contributed by atoms with E-state index in [0.717, 1.165) is 36.1 Å². The smallest absolute Gasteiger partial charge is 0.345 e. The molecular formula is C23H25F3N2O2. The molecular weight excluding hydrogens is 393 g/mol. The molecule has 1 aliphatic carbocycles. The summed E-state index contributed by atoms with van der Waals surface area (Å²) in [6.07, 6.45) is -2.04. The Bertz CT molecular complexity index is 862. The number of amides is 1. The molecule has 0 aromatic heterocycles. The van der Waals surface area contributed by atoms with Crippen LogP contribution in [0.5, 0.6) is 0 Å². The molecule has 30 heavy (non-hydrogen) atoms. The molecule has 0 aliphatic heterocycles. The predicted octanol–water partition coefficient (Wildman–Crippen LogP) is 3.99. The number of carbonyl (C=O) groups excluding carboxylic acids is 2. The van der Waals surface area contributed by atoms with Gasteiger partial charge in [-0.1, -0.05) is 42.5 Å². The van der Waals surface area contributed by atoms with Crippen molar-refractivity contribution < 1.29 is 22.8 Å². The van der Waals surface area contributed by atoms with Gasteiger partial charge in [0.2, 0.25) is 5.91 Å². The van der Waals surface area contributed by atoms with E-state index in [9.17, 15) is 22.8 Å². The first kappa shape index (κ1) is 22.0. The molecule has 4 nitrogen and oxygen atoms in total. The summed E-state index contributed by atoms with van der Waals surface area (Å²) in [5, 5.41) is 2.81. The number of Topliss-reactive ketones (excluding diaryl/α,β-unsaturated/α-hetero) is 1. The summed E-state index contributed by atoms with van der Waals surface area (Å²) in [5.41, 5.74) is 0.990. The summed E-state index contributed by atoms with van der Waals surface area (Å²) in [6, 6.07) is 14.1. The number of ketones is 1. The van der Waals surface area contributed by atoms with Gasteiger partial charge in [-0.3, -0.25) is 14.5 Å². The van der Waals surface area contributed by atoms with Crippen LogP contribution in [0, 0.1) is 0 Å². The number of nitrogens with one attached hydrogen (secondary N) is 1. The molecule has 0 saturated heterocycles. The number of alkyl halides is 3. The Morgan fingerprint density at radius 2 is 1.67 bits per heavy atom. The fourth-order valence-corrected chi connectivity index (χ4v) is 3.36. The van der Waals surface area contributed by atoms with Crippen LogP contribution in [0.2, 0.25) is 0 Å². The highest BCUT2D eigenvalue weighted by atomic mass is 19.4. The lowest BCUT2D eigenvalue weighted by molar-refractivity contribution is -0.137. The van der Waals surface area contributed by atoms with Gasteiger partial charge < -0.3 is 5.32 Å². The summed E-state index contributed by atoms with van der Waals surface area (Å²) >= 11 is 0. The van der Waals surface area contributed by atoms with Crippen LogP contribution in [0.3, 0.4) is 0 Å². The highest BCUT2D eigenvalue weighted by Crippen LogP contribution is 2.31. The Hall–Kier alpha value is -2.67.